The molecule has 5 nitrogen and oxygen atoms in total. The first-order chi connectivity index (χ1) is 11.1. The van der Waals surface area contributed by atoms with Gasteiger partial charge in [0.1, 0.15) is 5.82 Å². The van der Waals surface area contributed by atoms with Crippen molar-refractivity contribution >= 4 is 23.1 Å². The SMILES string of the molecule is CN(C)c1ccc(C(=O)N2CCN(Cc3ccsc3)CC2)cn1. The molecule has 3 rings (SSSR count). The summed E-state index contributed by atoms with van der Waals surface area (Å²) in [4.78, 5) is 23.1. The van der Waals surface area contributed by atoms with Gasteiger partial charge in [-0.1, -0.05) is 0 Å². The number of pyridine rings is 1. The molecule has 1 aliphatic heterocycles. The van der Waals surface area contributed by atoms with Crippen molar-refractivity contribution in [2.24, 2.45) is 0 Å². The number of thiophene rings is 1. The fourth-order valence-electron chi connectivity index (χ4n) is 2.71. The van der Waals surface area contributed by atoms with E-state index in [1.165, 1.54) is 5.56 Å². The molecular formula is C17H22N4OS. The molecule has 1 amide bonds. The number of rotatable bonds is 4. The number of piperazine rings is 1. The molecule has 6 heteroatoms. The van der Waals surface area contributed by atoms with E-state index in [0.29, 0.717) is 5.56 Å². The summed E-state index contributed by atoms with van der Waals surface area (Å²) in [6.07, 6.45) is 1.68. The topological polar surface area (TPSA) is 39.7 Å². The normalized spacial score (nSPS) is 15.7. The number of anilines is 1. The third-order valence-electron chi connectivity index (χ3n) is 4.10. The minimum atomic E-state index is 0.0815. The van der Waals surface area contributed by atoms with Gasteiger partial charge in [0, 0.05) is 53.0 Å². The summed E-state index contributed by atoms with van der Waals surface area (Å²) < 4.78 is 0. The largest absolute Gasteiger partial charge is 0.363 e. The van der Waals surface area contributed by atoms with Gasteiger partial charge in [0.25, 0.3) is 5.91 Å². The third-order valence-corrected chi connectivity index (χ3v) is 4.83. The van der Waals surface area contributed by atoms with Crippen LogP contribution in [-0.2, 0) is 6.54 Å². The van der Waals surface area contributed by atoms with Gasteiger partial charge in [0.05, 0.1) is 5.56 Å². The molecule has 3 heterocycles. The smallest absolute Gasteiger partial charge is 0.255 e. The van der Waals surface area contributed by atoms with Crippen molar-refractivity contribution in [2.45, 2.75) is 6.54 Å². The van der Waals surface area contributed by atoms with Gasteiger partial charge < -0.3 is 9.80 Å². The van der Waals surface area contributed by atoms with Crippen LogP contribution in [0.3, 0.4) is 0 Å². The Kier molecular flexibility index (Phi) is 4.93. The summed E-state index contributed by atoms with van der Waals surface area (Å²) in [5.74, 6) is 0.945. The van der Waals surface area contributed by atoms with E-state index in [1.54, 1.807) is 17.5 Å². The molecule has 1 saturated heterocycles. The number of carbonyl (C=O) groups is 1. The summed E-state index contributed by atoms with van der Waals surface area (Å²) in [5.41, 5.74) is 2.03. The maximum Gasteiger partial charge on any atom is 0.255 e. The van der Waals surface area contributed by atoms with Crippen LogP contribution in [0.5, 0.6) is 0 Å². The van der Waals surface area contributed by atoms with Crippen LogP contribution >= 0.6 is 11.3 Å². The Morgan fingerprint density at radius 2 is 2.00 bits per heavy atom. The lowest BCUT2D eigenvalue weighted by Gasteiger charge is -2.34. The zero-order chi connectivity index (χ0) is 16.2. The first-order valence-corrected chi connectivity index (χ1v) is 8.74. The Labute approximate surface area is 141 Å². The fraction of sp³-hybridized carbons (Fsp3) is 0.412. The van der Waals surface area contributed by atoms with Crippen LogP contribution in [0.1, 0.15) is 15.9 Å². The van der Waals surface area contributed by atoms with E-state index in [2.05, 4.69) is 26.7 Å². The molecular weight excluding hydrogens is 308 g/mol. The van der Waals surface area contributed by atoms with Gasteiger partial charge in [-0.3, -0.25) is 9.69 Å². The molecule has 1 fully saturated rings. The van der Waals surface area contributed by atoms with Crippen LogP contribution in [0, 0.1) is 0 Å². The summed E-state index contributed by atoms with van der Waals surface area (Å²) in [6.45, 7) is 4.37. The summed E-state index contributed by atoms with van der Waals surface area (Å²) in [6, 6.07) is 5.92. The van der Waals surface area contributed by atoms with Crippen LogP contribution in [-0.4, -0.2) is 61.0 Å². The molecule has 0 unspecified atom stereocenters. The van der Waals surface area contributed by atoms with E-state index >= 15 is 0 Å². The van der Waals surface area contributed by atoms with Crippen LogP contribution in [0.25, 0.3) is 0 Å². The summed E-state index contributed by atoms with van der Waals surface area (Å²) in [5, 5.41) is 4.30. The monoisotopic (exact) mass is 330 g/mol. The number of hydrogen-bond acceptors (Lipinski definition) is 5. The average molecular weight is 330 g/mol. The van der Waals surface area contributed by atoms with Crippen LogP contribution in [0.2, 0.25) is 0 Å². The lowest BCUT2D eigenvalue weighted by Crippen LogP contribution is -2.48. The Balaban J connectivity index is 1.55. The molecule has 0 atom stereocenters. The molecule has 1 aliphatic rings. The third kappa shape index (κ3) is 3.89. The number of hydrogen-bond donors (Lipinski definition) is 0. The zero-order valence-corrected chi connectivity index (χ0v) is 14.4. The average Bonchev–Trinajstić information content (AvgIpc) is 3.08. The van der Waals surface area contributed by atoms with Crippen molar-refractivity contribution in [1.29, 1.82) is 0 Å². The van der Waals surface area contributed by atoms with Gasteiger partial charge in [-0.25, -0.2) is 4.98 Å². The molecule has 0 spiro atoms. The van der Waals surface area contributed by atoms with E-state index in [0.717, 1.165) is 38.5 Å². The minimum Gasteiger partial charge on any atom is -0.363 e. The van der Waals surface area contributed by atoms with Crippen molar-refractivity contribution in [3.63, 3.8) is 0 Å². The van der Waals surface area contributed by atoms with E-state index in [1.807, 2.05) is 36.0 Å². The van der Waals surface area contributed by atoms with Gasteiger partial charge >= 0.3 is 0 Å². The van der Waals surface area contributed by atoms with Crippen molar-refractivity contribution in [1.82, 2.24) is 14.8 Å². The maximum atomic E-state index is 12.6. The lowest BCUT2D eigenvalue weighted by atomic mass is 10.2. The van der Waals surface area contributed by atoms with Crippen molar-refractivity contribution < 1.29 is 4.79 Å². The first-order valence-electron chi connectivity index (χ1n) is 7.79. The molecule has 0 aromatic carbocycles. The van der Waals surface area contributed by atoms with Crippen LogP contribution in [0.4, 0.5) is 5.82 Å². The highest BCUT2D eigenvalue weighted by Gasteiger charge is 2.22. The molecule has 0 saturated carbocycles. The molecule has 0 N–H and O–H groups in total. The van der Waals surface area contributed by atoms with E-state index < -0.39 is 0 Å². The predicted octanol–water partition coefficient (Wildman–Crippen LogP) is 2.17. The van der Waals surface area contributed by atoms with Gasteiger partial charge in [-0.15, -0.1) is 0 Å². The summed E-state index contributed by atoms with van der Waals surface area (Å²) >= 11 is 1.73. The van der Waals surface area contributed by atoms with Gasteiger partial charge in [-0.05, 0) is 34.5 Å². The second kappa shape index (κ2) is 7.10. The molecule has 2 aromatic heterocycles. The highest BCUT2D eigenvalue weighted by Crippen LogP contribution is 2.14. The highest BCUT2D eigenvalue weighted by molar-refractivity contribution is 7.07. The number of amides is 1. The fourth-order valence-corrected chi connectivity index (χ4v) is 3.37. The van der Waals surface area contributed by atoms with Gasteiger partial charge in [0.2, 0.25) is 0 Å². The zero-order valence-electron chi connectivity index (χ0n) is 13.6. The molecule has 0 bridgehead atoms. The molecule has 0 aliphatic carbocycles. The predicted molar refractivity (Wildman–Crippen MR) is 94.1 cm³/mol. The molecule has 122 valence electrons. The van der Waals surface area contributed by atoms with Crippen molar-refractivity contribution in [3.8, 4) is 0 Å². The van der Waals surface area contributed by atoms with Crippen molar-refractivity contribution in [3.05, 3.63) is 46.3 Å². The van der Waals surface area contributed by atoms with E-state index in [4.69, 9.17) is 0 Å². The number of carbonyl (C=O) groups excluding carboxylic acids is 1. The minimum absolute atomic E-state index is 0.0815. The van der Waals surface area contributed by atoms with E-state index in [-0.39, 0.29) is 5.91 Å². The molecule has 2 aromatic rings. The second-order valence-corrected chi connectivity index (χ2v) is 6.78. The van der Waals surface area contributed by atoms with Crippen LogP contribution < -0.4 is 4.90 Å². The Bertz CT molecular complexity index is 631. The van der Waals surface area contributed by atoms with E-state index in [9.17, 15) is 4.79 Å². The van der Waals surface area contributed by atoms with Crippen molar-refractivity contribution in [2.75, 3.05) is 45.2 Å². The Hall–Kier alpha value is -1.92. The standard InChI is InChI=1S/C17H22N4OS/c1-19(2)16-4-3-15(11-18-16)17(22)21-8-6-20(7-9-21)12-14-5-10-23-13-14/h3-5,10-11,13H,6-9,12H2,1-2H3. The Morgan fingerprint density at radius 3 is 2.57 bits per heavy atom. The van der Waals surface area contributed by atoms with Gasteiger partial charge in [-0.2, -0.15) is 11.3 Å². The molecule has 0 radical (unpaired) electrons. The van der Waals surface area contributed by atoms with Crippen LogP contribution in [0.15, 0.2) is 35.2 Å². The first kappa shape index (κ1) is 16.0. The Morgan fingerprint density at radius 1 is 1.22 bits per heavy atom. The second-order valence-electron chi connectivity index (χ2n) is 6.00. The van der Waals surface area contributed by atoms with Gasteiger partial charge in [0.15, 0.2) is 0 Å². The number of aromatic nitrogens is 1. The highest BCUT2D eigenvalue weighted by atomic mass is 32.1. The quantitative estimate of drug-likeness (QED) is 0.861. The maximum absolute atomic E-state index is 12.6. The summed E-state index contributed by atoms with van der Waals surface area (Å²) in [7, 11) is 3.88. The molecule has 23 heavy (non-hydrogen) atoms. The lowest BCUT2D eigenvalue weighted by molar-refractivity contribution is 0.0628. The number of nitrogens with zero attached hydrogens (tertiary/aromatic N) is 4.